The third kappa shape index (κ3) is 4.98. The molecule has 0 N–H and O–H groups in total. The van der Waals surface area contributed by atoms with Gasteiger partial charge in [-0.05, 0) is 70.1 Å². The van der Waals surface area contributed by atoms with Crippen LogP contribution in [-0.4, -0.2) is 29.2 Å². The van der Waals surface area contributed by atoms with Crippen LogP contribution < -0.4 is 0 Å². The molecule has 0 aromatic heterocycles. The van der Waals surface area contributed by atoms with E-state index in [-0.39, 0.29) is 24.5 Å². The average Bonchev–Trinajstić information content (AvgIpc) is 3.29. The van der Waals surface area contributed by atoms with Crippen LogP contribution in [0.3, 0.4) is 0 Å². The van der Waals surface area contributed by atoms with Crippen LogP contribution in [0.25, 0.3) is 6.08 Å². The number of ether oxygens (including phenoxy) is 1. The van der Waals surface area contributed by atoms with E-state index in [1.807, 2.05) is 54.6 Å². The maximum absolute atomic E-state index is 13.4. The zero-order valence-corrected chi connectivity index (χ0v) is 20.7. The minimum absolute atomic E-state index is 0.101. The molecule has 6 heteroatoms. The second-order valence-corrected chi connectivity index (χ2v) is 9.57. The Hall–Kier alpha value is -3.51. The summed E-state index contributed by atoms with van der Waals surface area (Å²) in [7, 11) is 0. The van der Waals surface area contributed by atoms with Crippen LogP contribution >= 0.6 is 15.9 Å². The minimum atomic E-state index is -0.545. The topological polar surface area (TPSA) is 59.0 Å². The molecule has 1 amide bonds. The van der Waals surface area contributed by atoms with Crippen molar-refractivity contribution in [1.82, 2.24) is 5.01 Å². The van der Waals surface area contributed by atoms with Gasteiger partial charge in [0.25, 0.3) is 5.91 Å². The number of allylic oxidation sites excluding steroid dienone is 1. The lowest BCUT2D eigenvalue weighted by Crippen LogP contribution is -2.34. The highest BCUT2D eigenvalue weighted by atomic mass is 79.9. The summed E-state index contributed by atoms with van der Waals surface area (Å²) < 4.78 is 6.03. The number of carbonyl (C=O) groups excluding carboxylic acids is 2. The van der Waals surface area contributed by atoms with Gasteiger partial charge in [-0.2, -0.15) is 5.10 Å². The highest BCUT2D eigenvalue weighted by Crippen LogP contribution is 2.44. The van der Waals surface area contributed by atoms with Crippen molar-refractivity contribution in [3.63, 3.8) is 0 Å². The first-order valence-electron chi connectivity index (χ1n) is 11.7. The summed E-state index contributed by atoms with van der Waals surface area (Å²) in [6.07, 6.45) is 5.08. The largest absolute Gasteiger partial charge is 0.452 e. The fourth-order valence-corrected chi connectivity index (χ4v) is 5.29. The fraction of sp³-hybridized carbons (Fsp3) is 0.207. The van der Waals surface area contributed by atoms with Crippen molar-refractivity contribution >= 4 is 39.6 Å². The lowest BCUT2D eigenvalue weighted by atomic mass is 9.77. The summed E-state index contributed by atoms with van der Waals surface area (Å²) in [6, 6.07) is 27.0. The van der Waals surface area contributed by atoms with E-state index in [2.05, 4.69) is 34.1 Å². The smallest absolute Gasteiger partial charge is 0.339 e. The van der Waals surface area contributed by atoms with Crippen LogP contribution in [0, 0.1) is 5.92 Å². The van der Waals surface area contributed by atoms with Crippen LogP contribution in [0.2, 0.25) is 0 Å². The number of hydrogen-bond donors (Lipinski definition) is 0. The Kier molecular flexibility index (Phi) is 6.91. The summed E-state index contributed by atoms with van der Waals surface area (Å²) in [5.41, 5.74) is 4.65. The number of halogens is 1. The molecule has 176 valence electrons. The van der Waals surface area contributed by atoms with Gasteiger partial charge in [0.15, 0.2) is 6.61 Å². The van der Waals surface area contributed by atoms with Crippen molar-refractivity contribution in [2.24, 2.45) is 11.0 Å². The summed E-state index contributed by atoms with van der Waals surface area (Å²) in [6.45, 7) is -0.370. The summed E-state index contributed by atoms with van der Waals surface area (Å²) in [5, 5.41) is 6.38. The van der Waals surface area contributed by atoms with Gasteiger partial charge in [-0.25, -0.2) is 9.80 Å². The maximum atomic E-state index is 13.4. The Morgan fingerprint density at radius 3 is 2.40 bits per heavy atom. The number of amides is 1. The molecule has 3 aromatic carbocycles. The van der Waals surface area contributed by atoms with Crippen molar-refractivity contribution in [3.05, 3.63) is 112 Å². The molecule has 1 aliphatic carbocycles. The van der Waals surface area contributed by atoms with E-state index >= 15 is 0 Å². The number of benzene rings is 3. The van der Waals surface area contributed by atoms with Gasteiger partial charge in [-0.3, -0.25) is 4.79 Å². The second-order valence-electron chi connectivity index (χ2n) is 8.71. The molecule has 35 heavy (non-hydrogen) atoms. The Morgan fingerprint density at radius 1 is 0.971 bits per heavy atom. The van der Waals surface area contributed by atoms with E-state index in [0.717, 1.165) is 41.7 Å². The molecule has 0 bridgehead atoms. The number of fused-ring (bicyclic) bond motifs is 1. The highest BCUT2D eigenvalue weighted by Gasteiger charge is 2.43. The molecule has 0 saturated heterocycles. The molecule has 3 aromatic rings. The predicted molar refractivity (Wildman–Crippen MR) is 140 cm³/mol. The molecule has 5 rings (SSSR count). The molecule has 0 radical (unpaired) electrons. The van der Waals surface area contributed by atoms with Crippen molar-refractivity contribution in [3.8, 4) is 0 Å². The molecule has 1 heterocycles. The number of hydrogen-bond acceptors (Lipinski definition) is 4. The van der Waals surface area contributed by atoms with Crippen LogP contribution in [0.15, 0.2) is 100 Å². The van der Waals surface area contributed by atoms with E-state index < -0.39 is 5.97 Å². The highest BCUT2D eigenvalue weighted by molar-refractivity contribution is 9.10. The second kappa shape index (κ2) is 10.4. The summed E-state index contributed by atoms with van der Waals surface area (Å²) >= 11 is 3.36. The van der Waals surface area contributed by atoms with E-state index in [1.54, 1.807) is 18.2 Å². The van der Waals surface area contributed by atoms with Gasteiger partial charge in [-0.1, -0.05) is 72.8 Å². The molecule has 1 fully saturated rings. The predicted octanol–water partition coefficient (Wildman–Crippen LogP) is 6.43. The van der Waals surface area contributed by atoms with Gasteiger partial charge in [0, 0.05) is 10.4 Å². The van der Waals surface area contributed by atoms with Crippen LogP contribution in [-0.2, 0) is 9.53 Å². The monoisotopic (exact) mass is 528 g/mol. The summed E-state index contributed by atoms with van der Waals surface area (Å²) in [5.74, 6) is -0.778. The Bertz CT molecular complexity index is 1290. The molecule has 1 aliphatic heterocycles. The van der Waals surface area contributed by atoms with E-state index in [9.17, 15) is 9.59 Å². The quantitative estimate of drug-likeness (QED) is 0.358. The van der Waals surface area contributed by atoms with E-state index in [4.69, 9.17) is 9.84 Å². The number of nitrogens with zero attached hydrogens (tertiary/aromatic N) is 2. The van der Waals surface area contributed by atoms with Gasteiger partial charge in [0.1, 0.15) is 0 Å². The molecular formula is C29H25BrN2O3. The number of esters is 1. The SMILES string of the molecule is O=C(OCC(=O)N1N=C2C(=Cc3ccccc3)CCCC2C1c1ccccc1)c1ccccc1Br. The van der Waals surface area contributed by atoms with E-state index in [0.29, 0.717) is 10.0 Å². The van der Waals surface area contributed by atoms with Gasteiger partial charge in [0.2, 0.25) is 0 Å². The van der Waals surface area contributed by atoms with Crippen LogP contribution in [0.4, 0.5) is 0 Å². The molecule has 2 atom stereocenters. The summed E-state index contributed by atoms with van der Waals surface area (Å²) in [4.78, 5) is 25.9. The number of rotatable bonds is 5. The standard InChI is InChI=1S/C29H25BrN2O3/c30-25-17-8-7-15-23(25)29(34)35-19-26(33)32-28(21-12-5-2-6-13-21)24-16-9-14-22(27(24)31-32)18-20-10-3-1-4-11-20/h1-8,10-13,15,17-18,24,28H,9,14,16,19H2. The van der Waals surface area contributed by atoms with Crippen molar-refractivity contribution < 1.29 is 14.3 Å². The minimum Gasteiger partial charge on any atom is -0.452 e. The lowest BCUT2D eigenvalue weighted by molar-refractivity contribution is -0.137. The zero-order chi connectivity index (χ0) is 24.2. The molecule has 5 nitrogen and oxygen atoms in total. The maximum Gasteiger partial charge on any atom is 0.339 e. The average molecular weight is 529 g/mol. The Morgan fingerprint density at radius 2 is 1.66 bits per heavy atom. The molecule has 1 saturated carbocycles. The number of hydrazone groups is 1. The van der Waals surface area contributed by atoms with Gasteiger partial charge >= 0.3 is 5.97 Å². The lowest BCUT2D eigenvalue weighted by Gasteiger charge is -2.29. The molecule has 2 unspecified atom stereocenters. The van der Waals surface area contributed by atoms with Gasteiger partial charge in [0.05, 0.1) is 17.3 Å². The van der Waals surface area contributed by atoms with Crippen molar-refractivity contribution in [2.75, 3.05) is 6.61 Å². The third-order valence-electron chi connectivity index (χ3n) is 6.46. The normalized spacial score (nSPS) is 20.3. The van der Waals surface area contributed by atoms with Crippen molar-refractivity contribution in [2.45, 2.75) is 25.3 Å². The fourth-order valence-electron chi connectivity index (χ4n) is 4.84. The van der Waals surface area contributed by atoms with Gasteiger partial charge < -0.3 is 4.74 Å². The van der Waals surface area contributed by atoms with Gasteiger partial charge in [-0.15, -0.1) is 0 Å². The molecule has 2 aliphatic rings. The first kappa shape index (κ1) is 23.2. The zero-order valence-electron chi connectivity index (χ0n) is 19.1. The van der Waals surface area contributed by atoms with Crippen molar-refractivity contribution in [1.29, 1.82) is 0 Å². The Balaban J connectivity index is 1.43. The first-order valence-corrected chi connectivity index (χ1v) is 12.5. The third-order valence-corrected chi connectivity index (χ3v) is 7.15. The van der Waals surface area contributed by atoms with Crippen LogP contribution in [0.1, 0.15) is 46.8 Å². The molecule has 0 spiro atoms. The first-order chi connectivity index (χ1) is 17.1. The van der Waals surface area contributed by atoms with Crippen LogP contribution in [0.5, 0.6) is 0 Å². The van der Waals surface area contributed by atoms with E-state index in [1.165, 1.54) is 5.01 Å². The number of carbonyl (C=O) groups is 2. The Labute approximate surface area is 213 Å². The molecular weight excluding hydrogens is 504 g/mol.